The van der Waals surface area contributed by atoms with E-state index in [2.05, 4.69) is 43.1 Å². The van der Waals surface area contributed by atoms with Gasteiger partial charge < -0.3 is 9.80 Å². The fraction of sp³-hybridized carbons (Fsp3) is 0.385. The van der Waals surface area contributed by atoms with Gasteiger partial charge in [-0.1, -0.05) is 6.07 Å². The number of anilines is 1. The summed E-state index contributed by atoms with van der Waals surface area (Å²) < 4.78 is 0. The predicted octanol–water partition coefficient (Wildman–Crippen LogP) is -0.518. The number of nitro groups is 1. The van der Waals surface area contributed by atoms with E-state index in [0.29, 0.717) is 11.3 Å². The number of nitro benzene ring substituents is 1. The lowest BCUT2D eigenvalue weighted by atomic mass is 10.1. The third kappa shape index (κ3) is 3.63. The van der Waals surface area contributed by atoms with Gasteiger partial charge in [-0.15, -0.1) is 5.21 Å². The zero-order valence-electron chi connectivity index (χ0n) is 13.1. The molecule has 24 heavy (non-hydrogen) atoms. The minimum Gasteiger partial charge on any atom is -0.355 e. The molecule has 0 saturated carbocycles. The molecule has 1 saturated heterocycles. The Hall–Kier alpha value is -3.08. The van der Waals surface area contributed by atoms with Crippen molar-refractivity contribution in [3.8, 4) is 0 Å². The van der Waals surface area contributed by atoms with Crippen molar-refractivity contribution in [1.82, 2.24) is 20.6 Å². The van der Waals surface area contributed by atoms with Gasteiger partial charge in [0.15, 0.2) is 0 Å². The molecule has 0 atom stereocenters. The first-order valence-electron chi connectivity index (χ1n) is 7.45. The van der Waals surface area contributed by atoms with Crippen molar-refractivity contribution in [3.05, 3.63) is 39.3 Å². The van der Waals surface area contributed by atoms with E-state index in [1.54, 1.807) is 12.1 Å². The first-order valence-corrected chi connectivity index (χ1v) is 7.45. The highest BCUT2D eigenvalue weighted by atomic mass is 16.6. The molecule has 0 spiro atoms. The summed E-state index contributed by atoms with van der Waals surface area (Å²) in [6.07, 6.45) is 1.42. The van der Waals surface area contributed by atoms with Gasteiger partial charge in [0.25, 0.3) is 5.69 Å². The van der Waals surface area contributed by atoms with Crippen molar-refractivity contribution in [2.24, 2.45) is 5.10 Å². The van der Waals surface area contributed by atoms with E-state index in [4.69, 9.17) is 0 Å². The third-order valence-electron chi connectivity index (χ3n) is 3.84. The lowest BCUT2D eigenvalue weighted by Crippen LogP contribution is -3.12. The number of H-pyrrole nitrogens is 1. The van der Waals surface area contributed by atoms with Crippen LogP contribution in [0, 0.1) is 10.1 Å². The summed E-state index contributed by atoms with van der Waals surface area (Å²) in [5.41, 5.74) is 5.01. The standard InChI is InChI=1S/C13H16N9O2/c1-20-4-6-21(7-5-20)11-3-2-10(8-12(11)22(23)24)9-14-15-13-16-18-19-17-13/h2-3,8-9H,4-7H2,1H3,(H-,15,16,17,18,19)/q-1/p+1/b14-9-. The van der Waals surface area contributed by atoms with Crippen LogP contribution in [0.4, 0.5) is 17.3 Å². The Balaban J connectivity index is 1.77. The van der Waals surface area contributed by atoms with Crippen LogP contribution in [-0.2, 0) is 0 Å². The van der Waals surface area contributed by atoms with Crippen LogP contribution in [0.1, 0.15) is 5.56 Å². The molecule has 11 heteroatoms. The maximum absolute atomic E-state index is 11.4. The SMILES string of the molecule is C[NH+]1CCN(c2ccc(/C=N\[N-]c3nn[nH]n3)cc2[N+](=O)[O-])CC1. The van der Waals surface area contributed by atoms with Crippen molar-refractivity contribution >= 4 is 23.5 Å². The van der Waals surface area contributed by atoms with Gasteiger partial charge in [0, 0.05) is 17.8 Å². The quantitative estimate of drug-likeness (QED) is 0.430. The number of hydrogen-bond acceptors (Lipinski definition) is 7. The Kier molecular flexibility index (Phi) is 4.61. The van der Waals surface area contributed by atoms with Gasteiger partial charge in [0.1, 0.15) is 5.69 Å². The predicted molar refractivity (Wildman–Crippen MR) is 86.7 cm³/mol. The molecule has 0 amide bonds. The van der Waals surface area contributed by atoms with Crippen molar-refractivity contribution < 1.29 is 9.82 Å². The summed E-state index contributed by atoms with van der Waals surface area (Å²) in [5.74, 6) is 0.0947. The summed E-state index contributed by atoms with van der Waals surface area (Å²) in [5, 5.41) is 28.1. The number of likely N-dealkylation sites (N-methyl/N-ethyl adjacent to an activating group) is 1. The van der Waals surface area contributed by atoms with Crippen LogP contribution in [0.3, 0.4) is 0 Å². The fourth-order valence-electron chi connectivity index (χ4n) is 2.51. The first kappa shape index (κ1) is 15.8. The number of aromatic amines is 1. The summed E-state index contributed by atoms with van der Waals surface area (Å²) >= 11 is 0. The van der Waals surface area contributed by atoms with Crippen molar-refractivity contribution in [3.63, 3.8) is 0 Å². The Morgan fingerprint density at radius 2 is 2.25 bits per heavy atom. The molecule has 1 aromatic heterocycles. The molecular weight excluding hydrogens is 314 g/mol. The average molecular weight is 331 g/mol. The molecule has 0 radical (unpaired) electrons. The van der Waals surface area contributed by atoms with Crippen molar-refractivity contribution in [1.29, 1.82) is 0 Å². The van der Waals surface area contributed by atoms with Gasteiger partial charge in [-0.05, 0) is 6.07 Å². The molecule has 2 aromatic rings. The molecule has 2 N–H and O–H groups in total. The summed E-state index contributed by atoms with van der Waals surface area (Å²) in [6.45, 7) is 3.52. The van der Waals surface area contributed by atoms with E-state index in [9.17, 15) is 10.1 Å². The van der Waals surface area contributed by atoms with E-state index in [0.717, 1.165) is 26.2 Å². The van der Waals surface area contributed by atoms with Crippen LogP contribution in [0.2, 0.25) is 0 Å². The lowest BCUT2D eigenvalue weighted by molar-refractivity contribution is -0.880. The largest absolute Gasteiger partial charge is 0.355 e. The molecule has 1 fully saturated rings. The molecule has 1 aliphatic rings. The number of rotatable bonds is 5. The second-order valence-electron chi connectivity index (χ2n) is 5.51. The van der Waals surface area contributed by atoms with Gasteiger partial charge in [0.2, 0.25) is 0 Å². The normalized spacial score (nSPS) is 15.8. The smallest absolute Gasteiger partial charge is 0.293 e. The lowest BCUT2D eigenvalue weighted by Gasteiger charge is -2.31. The average Bonchev–Trinajstić information content (AvgIpc) is 3.09. The molecule has 2 heterocycles. The van der Waals surface area contributed by atoms with E-state index in [1.165, 1.54) is 17.2 Å². The van der Waals surface area contributed by atoms with Crippen LogP contribution >= 0.6 is 0 Å². The zero-order valence-corrected chi connectivity index (χ0v) is 13.1. The van der Waals surface area contributed by atoms with Gasteiger partial charge in [-0.2, -0.15) is 0 Å². The minimum atomic E-state index is -0.367. The van der Waals surface area contributed by atoms with Crippen LogP contribution in [0.25, 0.3) is 5.43 Å². The summed E-state index contributed by atoms with van der Waals surface area (Å²) in [7, 11) is 2.12. The number of hydrogen-bond donors (Lipinski definition) is 2. The minimum absolute atomic E-state index is 0.0677. The van der Waals surface area contributed by atoms with Crippen molar-refractivity contribution in [2.75, 3.05) is 38.1 Å². The van der Waals surface area contributed by atoms with Crippen LogP contribution in [-0.4, -0.2) is 65.0 Å². The molecule has 0 unspecified atom stereocenters. The molecule has 126 valence electrons. The first-order chi connectivity index (χ1) is 11.6. The van der Waals surface area contributed by atoms with Crippen LogP contribution < -0.4 is 9.80 Å². The Morgan fingerprint density at radius 1 is 1.46 bits per heavy atom. The monoisotopic (exact) mass is 331 g/mol. The Labute approximate surface area is 137 Å². The van der Waals surface area contributed by atoms with Crippen LogP contribution in [0.5, 0.6) is 0 Å². The number of quaternary nitrogens is 1. The second-order valence-corrected chi connectivity index (χ2v) is 5.51. The van der Waals surface area contributed by atoms with Gasteiger partial charge in [0.05, 0.1) is 44.1 Å². The number of piperazine rings is 1. The van der Waals surface area contributed by atoms with Crippen molar-refractivity contribution in [2.45, 2.75) is 0 Å². The van der Waals surface area contributed by atoms with E-state index < -0.39 is 0 Å². The number of tetrazole rings is 1. The van der Waals surface area contributed by atoms with Gasteiger partial charge in [-0.3, -0.25) is 31.0 Å². The van der Waals surface area contributed by atoms with E-state index in [1.807, 2.05) is 0 Å². The molecule has 11 nitrogen and oxygen atoms in total. The maximum Gasteiger partial charge on any atom is 0.293 e. The van der Waals surface area contributed by atoms with Gasteiger partial charge >= 0.3 is 0 Å². The molecule has 1 aliphatic heterocycles. The van der Waals surface area contributed by atoms with E-state index >= 15 is 0 Å². The molecule has 3 rings (SSSR count). The maximum atomic E-state index is 11.4. The summed E-state index contributed by atoms with van der Waals surface area (Å²) in [4.78, 5) is 14.5. The third-order valence-corrected chi connectivity index (χ3v) is 3.84. The highest BCUT2D eigenvalue weighted by molar-refractivity contribution is 5.84. The highest BCUT2D eigenvalue weighted by Crippen LogP contribution is 2.29. The van der Waals surface area contributed by atoms with Crippen LogP contribution in [0.15, 0.2) is 23.3 Å². The number of benzene rings is 1. The number of aromatic nitrogens is 4. The Bertz CT molecular complexity index is 723. The van der Waals surface area contributed by atoms with E-state index in [-0.39, 0.29) is 16.6 Å². The second kappa shape index (κ2) is 7.00. The highest BCUT2D eigenvalue weighted by Gasteiger charge is 2.24. The van der Waals surface area contributed by atoms with Gasteiger partial charge in [-0.25, -0.2) is 5.10 Å². The molecule has 0 aliphatic carbocycles. The Morgan fingerprint density at radius 3 is 2.92 bits per heavy atom. The summed E-state index contributed by atoms with van der Waals surface area (Å²) in [6, 6.07) is 5.03. The topological polar surface area (TPSA) is 132 Å². The number of nitrogens with zero attached hydrogens (tertiary/aromatic N) is 7. The molecular formula is C13H17N9O2. The number of nitrogens with one attached hydrogen (secondary N) is 2. The molecule has 1 aromatic carbocycles. The molecule has 0 bridgehead atoms. The zero-order chi connectivity index (χ0) is 16.9. The fourth-order valence-corrected chi connectivity index (χ4v) is 2.51.